The molecule has 0 bridgehead atoms. The quantitative estimate of drug-likeness (QED) is 0.795. The third-order valence-electron chi connectivity index (χ3n) is 2.13. The Hall–Kier alpha value is -1.61. The zero-order chi connectivity index (χ0) is 12.7. The Labute approximate surface area is 105 Å². The number of aryl methyl sites for hydroxylation is 1. The van der Waals surface area contributed by atoms with Gasteiger partial charge in [-0.3, -0.25) is 0 Å². The zero-order valence-corrected chi connectivity index (χ0v) is 11.0. The summed E-state index contributed by atoms with van der Waals surface area (Å²) in [4.78, 5) is 0.754. The molecule has 0 aromatic heterocycles. The van der Waals surface area contributed by atoms with Gasteiger partial charge in [-0.2, -0.15) is 0 Å². The first-order valence-corrected chi connectivity index (χ1v) is 6.53. The van der Waals surface area contributed by atoms with Gasteiger partial charge in [-0.25, -0.2) is 4.21 Å². The highest BCUT2D eigenvalue weighted by Crippen LogP contribution is 2.08. The van der Waals surface area contributed by atoms with E-state index in [-0.39, 0.29) is 0 Å². The lowest BCUT2D eigenvalue weighted by molar-refractivity contribution is 0.678. The summed E-state index contributed by atoms with van der Waals surface area (Å²) in [5.74, 6) is 0. The second kappa shape index (κ2) is 6.86. The Balaban J connectivity index is 2.77. The van der Waals surface area contributed by atoms with Gasteiger partial charge in [-0.15, -0.1) is 0 Å². The van der Waals surface area contributed by atoms with Crippen LogP contribution in [0.3, 0.4) is 0 Å². The summed E-state index contributed by atoms with van der Waals surface area (Å²) in [6.07, 6.45) is 7.25. The average Bonchev–Trinajstić information content (AvgIpc) is 2.35. The number of rotatable bonds is 5. The number of benzene rings is 1. The molecule has 1 unspecified atom stereocenters. The topological polar surface area (TPSA) is 29.1 Å². The molecule has 0 amide bonds. The van der Waals surface area contributed by atoms with Crippen LogP contribution in [-0.4, -0.2) is 4.21 Å². The van der Waals surface area contributed by atoms with Crippen LogP contribution in [0.2, 0.25) is 0 Å². The smallest absolute Gasteiger partial charge is 0.150 e. The van der Waals surface area contributed by atoms with E-state index in [9.17, 15) is 4.21 Å². The lowest BCUT2D eigenvalue weighted by Crippen LogP contribution is -2.15. The number of hydrogen-bond acceptors (Lipinski definition) is 1. The summed E-state index contributed by atoms with van der Waals surface area (Å²) in [5, 5.41) is 0. The second-order valence-electron chi connectivity index (χ2n) is 3.54. The molecule has 1 atom stereocenters. The fourth-order valence-corrected chi connectivity index (χ4v) is 2.04. The van der Waals surface area contributed by atoms with E-state index in [1.165, 1.54) is 0 Å². The van der Waals surface area contributed by atoms with E-state index < -0.39 is 11.0 Å². The van der Waals surface area contributed by atoms with Crippen LogP contribution in [0.15, 0.2) is 65.7 Å². The van der Waals surface area contributed by atoms with Crippen molar-refractivity contribution in [2.75, 3.05) is 0 Å². The summed E-state index contributed by atoms with van der Waals surface area (Å²) in [6.45, 7) is 7.60. The molecule has 0 aliphatic rings. The van der Waals surface area contributed by atoms with Crippen LogP contribution >= 0.6 is 0 Å². The van der Waals surface area contributed by atoms with Crippen LogP contribution < -0.4 is 4.72 Å². The van der Waals surface area contributed by atoms with Gasteiger partial charge >= 0.3 is 0 Å². The van der Waals surface area contributed by atoms with Gasteiger partial charge in [-0.1, -0.05) is 36.4 Å². The molecule has 1 N–H and O–H groups in total. The lowest BCUT2D eigenvalue weighted by Gasteiger charge is -2.06. The summed E-state index contributed by atoms with van der Waals surface area (Å²) in [6, 6.07) is 7.60. The van der Waals surface area contributed by atoms with Crippen molar-refractivity contribution in [2.45, 2.75) is 18.7 Å². The van der Waals surface area contributed by atoms with Gasteiger partial charge in [0, 0.05) is 5.70 Å². The van der Waals surface area contributed by atoms with E-state index in [2.05, 4.69) is 11.3 Å². The Bertz CT molecular complexity index is 458. The van der Waals surface area contributed by atoms with Crippen LogP contribution in [0.4, 0.5) is 0 Å². The fraction of sp³-hybridized carbons (Fsp3) is 0.143. The van der Waals surface area contributed by atoms with E-state index >= 15 is 0 Å². The van der Waals surface area contributed by atoms with Crippen LogP contribution in [-0.2, 0) is 11.0 Å². The van der Waals surface area contributed by atoms with Gasteiger partial charge in [0.05, 0.1) is 4.90 Å². The Morgan fingerprint density at radius 3 is 2.53 bits per heavy atom. The summed E-state index contributed by atoms with van der Waals surface area (Å²) >= 11 is 0. The summed E-state index contributed by atoms with van der Waals surface area (Å²) < 4.78 is 14.9. The first-order chi connectivity index (χ1) is 8.17. The summed E-state index contributed by atoms with van der Waals surface area (Å²) in [7, 11) is -1.25. The highest BCUT2D eigenvalue weighted by atomic mass is 32.2. The van der Waals surface area contributed by atoms with Gasteiger partial charge in [0.15, 0.2) is 0 Å². The van der Waals surface area contributed by atoms with Crippen molar-refractivity contribution >= 4 is 11.0 Å². The second-order valence-corrected chi connectivity index (χ2v) is 4.75. The van der Waals surface area contributed by atoms with E-state index in [0.717, 1.165) is 16.2 Å². The van der Waals surface area contributed by atoms with E-state index in [4.69, 9.17) is 0 Å². The Morgan fingerprint density at radius 1 is 1.35 bits per heavy atom. The molecule has 0 fully saturated rings. The normalized spacial score (nSPS) is 13.6. The molecule has 0 radical (unpaired) electrons. The molecule has 3 heteroatoms. The molecule has 0 aliphatic heterocycles. The van der Waals surface area contributed by atoms with Crippen molar-refractivity contribution in [1.29, 1.82) is 0 Å². The van der Waals surface area contributed by atoms with Crippen LogP contribution in [0.5, 0.6) is 0 Å². The maximum Gasteiger partial charge on any atom is 0.150 e. The van der Waals surface area contributed by atoms with Crippen molar-refractivity contribution in [3.05, 3.63) is 66.4 Å². The molecule has 1 aromatic rings. The highest BCUT2D eigenvalue weighted by Gasteiger charge is 2.02. The van der Waals surface area contributed by atoms with Crippen LogP contribution in [0.25, 0.3) is 0 Å². The maximum atomic E-state index is 12.0. The zero-order valence-electron chi connectivity index (χ0n) is 10.1. The molecule has 90 valence electrons. The minimum absolute atomic E-state index is 0.738. The lowest BCUT2D eigenvalue weighted by atomic mass is 10.2. The first kappa shape index (κ1) is 13.5. The van der Waals surface area contributed by atoms with E-state index in [1.807, 2.05) is 56.3 Å². The Morgan fingerprint density at radius 2 is 2.00 bits per heavy atom. The monoisotopic (exact) mass is 247 g/mol. The molecule has 0 saturated carbocycles. The highest BCUT2D eigenvalue weighted by molar-refractivity contribution is 7.83. The van der Waals surface area contributed by atoms with Crippen molar-refractivity contribution in [3.63, 3.8) is 0 Å². The number of hydrogen-bond donors (Lipinski definition) is 1. The molecular weight excluding hydrogens is 230 g/mol. The average molecular weight is 247 g/mol. The van der Waals surface area contributed by atoms with Crippen molar-refractivity contribution in [2.24, 2.45) is 0 Å². The van der Waals surface area contributed by atoms with Crippen molar-refractivity contribution in [3.8, 4) is 0 Å². The number of allylic oxidation sites excluding steroid dienone is 4. The van der Waals surface area contributed by atoms with Crippen molar-refractivity contribution in [1.82, 2.24) is 4.72 Å². The molecule has 0 spiro atoms. The first-order valence-electron chi connectivity index (χ1n) is 5.38. The molecular formula is C14H17NOS. The molecule has 1 rings (SSSR count). The maximum absolute atomic E-state index is 12.0. The molecule has 17 heavy (non-hydrogen) atoms. The van der Waals surface area contributed by atoms with Gasteiger partial charge < -0.3 is 4.72 Å². The summed E-state index contributed by atoms with van der Waals surface area (Å²) in [5.41, 5.74) is 1.89. The van der Waals surface area contributed by atoms with Gasteiger partial charge in [0.25, 0.3) is 0 Å². The minimum Gasteiger partial charge on any atom is -0.301 e. The molecule has 1 aromatic carbocycles. The third-order valence-corrected chi connectivity index (χ3v) is 3.26. The molecule has 0 heterocycles. The van der Waals surface area contributed by atoms with Crippen LogP contribution in [0.1, 0.15) is 12.5 Å². The predicted molar refractivity (Wildman–Crippen MR) is 73.8 cm³/mol. The molecule has 0 aliphatic carbocycles. The van der Waals surface area contributed by atoms with Gasteiger partial charge in [-0.05, 0) is 38.1 Å². The van der Waals surface area contributed by atoms with Gasteiger partial charge in [0.2, 0.25) is 0 Å². The largest absolute Gasteiger partial charge is 0.301 e. The fourth-order valence-electron chi connectivity index (χ4n) is 1.17. The van der Waals surface area contributed by atoms with Crippen molar-refractivity contribution < 1.29 is 4.21 Å². The number of nitrogens with one attached hydrogen (secondary N) is 1. The SMILES string of the molecule is C=C/C(=C\C=C/C)NS(=O)c1ccc(C)cc1. The Kier molecular flexibility index (Phi) is 5.43. The standard InChI is InChI=1S/C14H17NOS/c1-4-6-7-13(5-2)15-17(16)14-10-8-12(3)9-11-14/h4-11,15H,2H2,1,3H3/b6-4-,13-7+. The van der Waals surface area contributed by atoms with E-state index in [1.54, 1.807) is 6.08 Å². The van der Waals surface area contributed by atoms with Crippen LogP contribution in [0, 0.1) is 6.92 Å². The molecule has 0 saturated heterocycles. The predicted octanol–water partition coefficient (Wildman–Crippen LogP) is 3.25. The van der Waals surface area contributed by atoms with E-state index in [0.29, 0.717) is 0 Å². The molecule has 2 nitrogen and oxygen atoms in total. The van der Waals surface area contributed by atoms with Gasteiger partial charge in [0.1, 0.15) is 11.0 Å². The third kappa shape index (κ3) is 4.41. The minimum atomic E-state index is -1.25.